The first kappa shape index (κ1) is 37.7. The van der Waals surface area contributed by atoms with Gasteiger partial charge in [0.05, 0.1) is 12.2 Å². The van der Waals surface area contributed by atoms with Gasteiger partial charge in [0, 0.05) is 35.8 Å². The van der Waals surface area contributed by atoms with E-state index < -0.39 is 47.2 Å². The van der Waals surface area contributed by atoms with Gasteiger partial charge in [0.15, 0.2) is 11.4 Å². The molecule has 0 saturated heterocycles. The lowest BCUT2D eigenvalue weighted by atomic mass is 9.79. The van der Waals surface area contributed by atoms with E-state index in [9.17, 15) is 19.8 Å². The highest BCUT2D eigenvalue weighted by Crippen LogP contribution is 2.33. The molecule has 10 heteroatoms. The minimum absolute atomic E-state index is 0.00769. The molecule has 0 saturated carbocycles. The van der Waals surface area contributed by atoms with Gasteiger partial charge in [-0.05, 0) is 13.8 Å². The van der Waals surface area contributed by atoms with E-state index in [1.807, 2.05) is 53.7 Å². The van der Waals surface area contributed by atoms with Crippen LogP contribution in [0.3, 0.4) is 0 Å². The summed E-state index contributed by atoms with van der Waals surface area (Å²) in [4.78, 5) is 34.6. The number of aliphatic hydroxyl groups is 2. The predicted molar refractivity (Wildman–Crippen MR) is 184 cm³/mol. The van der Waals surface area contributed by atoms with E-state index >= 15 is 0 Å². The Kier molecular flexibility index (Phi) is 14.1. The van der Waals surface area contributed by atoms with Crippen molar-refractivity contribution in [1.82, 2.24) is 9.97 Å². The van der Waals surface area contributed by atoms with Crippen molar-refractivity contribution in [2.75, 3.05) is 0 Å². The zero-order chi connectivity index (χ0) is 35.2. The maximum Gasteiger partial charge on any atom is 0.360 e. The number of aromatic nitrogens is 2. The molecule has 1 aliphatic heterocycles. The second kappa shape index (κ2) is 17.9. The van der Waals surface area contributed by atoms with Gasteiger partial charge >= 0.3 is 11.9 Å². The van der Waals surface area contributed by atoms with Crippen LogP contribution in [-0.4, -0.2) is 56.5 Å². The molecule has 2 aromatic heterocycles. The van der Waals surface area contributed by atoms with Crippen molar-refractivity contribution in [1.29, 1.82) is 0 Å². The molecule has 4 bridgehead atoms. The molecule has 0 radical (unpaired) electrons. The molecule has 0 amide bonds. The number of hydrogen-bond donors (Lipinski definition) is 2. The van der Waals surface area contributed by atoms with E-state index in [0.717, 1.165) is 0 Å². The number of nitrogens with zero attached hydrogens (tertiary/aromatic N) is 2. The van der Waals surface area contributed by atoms with Crippen molar-refractivity contribution in [3.8, 4) is 0 Å². The Hall–Kier alpha value is -4.80. The number of carbonyl (C=O) groups excluding carboxylic acids is 2. The summed E-state index contributed by atoms with van der Waals surface area (Å²) in [6.07, 6.45) is 27.7. The third-order valence-corrected chi connectivity index (χ3v) is 8.01. The molecular formula is C38H46N2O8. The predicted octanol–water partition coefficient (Wildman–Crippen LogP) is 7.39. The third kappa shape index (κ3) is 10.6. The molecule has 2 N–H and O–H groups in total. The topological polar surface area (TPSA) is 145 Å². The number of oxazole rings is 2. The van der Waals surface area contributed by atoms with Gasteiger partial charge in [0.2, 0.25) is 11.8 Å². The molecule has 2 aromatic rings. The fourth-order valence-corrected chi connectivity index (χ4v) is 4.64. The highest BCUT2D eigenvalue weighted by molar-refractivity contribution is 5.87. The molecule has 1 aliphatic rings. The highest BCUT2D eigenvalue weighted by Gasteiger charge is 2.39. The summed E-state index contributed by atoms with van der Waals surface area (Å²) in [5.41, 5.74) is -1.63. The molecule has 10 nitrogen and oxygen atoms in total. The standard InChI is InChI=1S/C38H46N2O8/c1-7-19-29(41)37(3,4)31-21-15-11-9-13-17-24-34-40-28(26-46-34)36(44)48-32(38(5,6)30(42)20-8-2)22-16-12-10-14-18-23-33-39-27(25-45-33)35(43)47-31/h7-20,23-26,29-32,41-42H,21-22H2,1-6H3/b13-9+,14-10+,15-11+,16-12+,19-7+,20-8+,23-18+,24-17+/t29-,30-,31-,32-/m0/s1. The van der Waals surface area contributed by atoms with E-state index in [4.69, 9.17) is 18.3 Å². The van der Waals surface area contributed by atoms with E-state index in [1.165, 1.54) is 12.5 Å². The van der Waals surface area contributed by atoms with Crippen LogP contribution in [0.15, 0.2) is 106 Å². The van der Waals surface area contributed by atoms with Gasteiger partial charge in [-0.15, -0.1) is 0 Å². The summed E-state index contributed by atoms with van der Waals surface area (Å²) in [6, 6.07) is 0. The lowest BCUT2D eigenvalue weighted by Gasteiger charge is -2.36. The Morgan fingerprint density at radius 2 is 1.04 bits per heavy atom. The Morgan fingerprint density at radius 1 is 0.667 bits per heavy atom. The molecule has 0 spiro atoms. The van der Waals surface area contributed by atoms with Crippen molar-refractivity contribution < 1.29 is 38.1 Å². The molecule has 3 rings (SSSR count). The number of rotatable bonds is 6. The average molecular weight is 659 g/mol. The first-order chi connectivity index (χ1) is 22.9. The van der Waals surface area contributed by atoms with Crippen LogP contribution in [0.2, 0.25) is 0 Å². The van der Waals surface area contributed by atoms with E-state index in [-0.39, 0.29) is 23.2 Å². The Labute approximate surface area is 282 Å². The maximum absolute atomic E-state index is 13.1. The van der Waals surface area contributed by atoms with E-state index in [1.54, 1.807) is 85.1 Å². The number of aliphatic hydroxyl groups excluding tert-OH is 2. The van der Waals surface area contributed by atoms with Crippen molar-refractivity contribution in [3.63, 3.8) is 0 Å². The molecule has 0 fully saturated rings. The van der Waals surface area contributed by atoms with Crippen LogP contribution in [-0.2, 0) is 9.47 Å². The number of allylic oxidation sites excluding steroid dienone is 10. The fourth-order valence-electron chi connectivity index (χ4n) is 4.64. The van der Waals surface area contributed by atoms with Gasteiger partial charge in [-0.25, -0.2) is 19.6 Å². The van der Waals surface area contributed by atoms with Gasteiger partial charge < -0.3 is 28.5 Å². The number of fused-ring (bicyclic) bond motifs is 4. The quantitative estimate of drug-likeness (QED) is 0.238. The molecule has 48 heavy (non-hydrogen) atoms. The minimum Gasteiger partial charge on any atom is -0.457 e. The highest BCUT2D eigenvalue weighted by atomic mass is 16.6. The fraction of sp³-hybridized carbons (Fsp3) is 0.368. The van der Waals surface area contributed by atoms with Crippen LogP contribution in [0.4, 0.5) is 0 Å². The van der Waals surface area contributed by atoms with Crippen molar-refractivity contribution in [3.05, 3.63) is 121 Å². The van der Waals surface area contributed by atoms with Crippen LogP contribution in [0.1, 0.15) is 87.1 Å². The van der Waals surface area contributed by atoms with Gasteiger partial charge in [0.25, 0.3) is 0 Å². The van der Waals surface area contributed by atoms with Crippen LogP contribution in [0.25, 0.3) is 12.2 Å². The lowest BCUT2D eigenvalue weighted by molar-refractivity contribution is -0.0461. The zero-order valence-corrected chi connectivity index (χ0v) is 28.4. The van der Waals surface area contributed by atoms with E-state index in [0.29, 0.717) is 12.8 Å². The van der Waals surface area contributed by atoms with Gasteiger partial charge in [-0.3, -0.25) is 0 Å². The summed E-state index contributed by atoms with van der Waals surface area (Å²) in [7, 11) is 0. The SMILES string of the molecule is C/C=C/[C@H](O)C(C)(C)[C@@H]1C/C=C/C=C/C=C/c2nc(co2)C(=O)O[C@H](C(C)(C)[C@@H](O)/C=C/C)C/C=C/C=C/C=C/c2nc(co2)C(=O)O1. The number of cyclic esters (lactones) is 2. The van der Waals surface area contributed by atoms with Gasteiger partial charge in [-0.1, -0.05) is 113 Å². The summed E-state index contributed by atoms with van der Waals surface area (Å²) in [5.74, 6) is -0.914. The average Bonchev–Trinajstić information content (AvgIpc) is 3.72. The molecule has 3 heterocycles. The lowest BCUT2D eigenvalue weighted by Crippen LogP contribution is -2.42. The Balaban J connectivity index is 1.91. The van der Waals surface area contributed by atoms with Crippen LogP contribution >= 0.6 is 0 Å². The first-order valence-electron chi connectivity index (χ1n) is 15.8. The number of ether oxygens (including phenoxy) is 2. The van der Waals surface area contributed by atoms with Crippen molar-refractivity contribution in [2.45, 2.75) is 78.8 Å². The second-order valence-corrected chi connectivity index (χ2v) is 12.3. The maximum atomic E-state index is 13.1. The summed E-state index contributed by atoms with van der Waals surface area (Å²) < 4.78 is 22.6. The minimum atomic E-state index is -0.866. The first-order valence-corrected chi connectivity index (χ1v) is 15.8. The molecule has 4 atom stereocenters. The number of carbonyl (C=O) groups is 2. The smallest absolute Gasteiger partial charge is 0.360 e. The Morgan fingerprint density at radius 3 is 1.42 bits per heavy atom. The van der Waals surface area contributed by atoms with Crippen LogP contribution in [0, 0.1) is 10.8 Å². The molecule has 0 aromatic carbocycles. The van der Waals surface area contributed by atoms with Crippen LogP contribution in [0.5, 0.6) is 0 Å². The molecule has 0 aliphatic carbocycles. The number of esters is 2. The second-order valence-electron chi connectivity index (χ2n) is 12.3. The van der Waals surface area contributed by atoms with Gasteiger partial charge in [0.1, 0.15) is 24.7 Å². The largest absolute Gasteiger partial charge is 0.457 e. The van der Waals surface area contributed by atoms with Crippen molar-refractivity contribution >= 4 is 24.1 Å². The molecule has 256 valence electrons. The summed E-state index contributed by atoms with van der Waals surface area (Å²) >= 11 is 0. The van der Waals surface area contributed by atoms with Gasteiger partial charge in [-0.2, -0.15) is 0 Å². The van der Waals surface area contributed by atoms with E-state index in [2.05, 4.69) is 9.97 Å². The van der Waals surface area contributed by atoms with Crippen molar-refractivity contribution in [2.24, 2.45) is 10.8 Å². The monoisotopic (exact) mass is 658 g/mol. The number of hydrogen-bond acceptors (Lipinski definition) is 10. The molecule has 0 unspecified atom stereocenters. The zero-order valence-electron chi connectivity index (χ0n) is 28.4. The van der Waals surface area contributed by atoms with Crippen LogP contribution < -0.4 is 0 Å². The molecular weight excluding hydrogens is 612 g/mol. The Bertz CT molecular complexity index is 1480. The normalized spacial score (nSPS) is 24.3. The summed E-state index contributed by atoms with van der Waals surface area (Å²) in [5, 5.41) is 21.6. The summed E-state index contributed by atoms with van der Waals surface area (Å²) in [6.45, 7) is 10.9. The third-order valence-electron chi connectivity index (χ3n) is 8.01.